The van der Waals surface area contributed by atoms with E-state index in [1.807, 2.05) is 0 Å². The van der Waals surface area contributed by atoms with Crippen molar-refractivity contribution in [2.24, 2.45) is 5.73 Å². The van der Waals surface area contributed by atoms with Crippen molar-refractivity contribution >= 4 is 0 Å². The van der Waals surface area contributed by atoms with Crippen LogP contribution in [0.2, 0.25) is 0 Å². The molecule has 0 aromatic rings. The SMILES string of the molecule is NC[C@@H]1CCN1C1CCCCCC1. The second-order valence-electron chi connectivity index (χ2n) is 4.56. The molecule has 1 saturated carbocycles. The highest BCUT2D eigenvalue weighted by Gasteiger charge is 2.32. The second-order valence-corrected chi connectivity index (χ2v) is 4.56. The normalized spacial score (nSPS) is 32.5. The van der Waals surface area contributed by atoms with E-state index < -0.39 is 0 Å². The summed E-state index contributed by atoms with van der Waals surface area (Å²) in [6.45, 7) is 2.18. The van der Waals surface area contributed by atoms with Crippen molar-refractivity contribution in [3.63, 3.8) is 0 Å². The molecule has 2 heteroatoms. The van der Waals surface area contributed by atoms with Crippen molar-refractivity contribution in [2.45, 2.75) is 57.0 Å². The Bertz CT molecular complexity index is 148. The summed E-state index contributed by atoms with van der Waals surface area (Å²) in [6, 6.07) is 1.60. The van der Waals surface area contributed by atoms with Gasteiger partial charge in [0.15, 0.2) is 0 Å². The number of nitrogens with two attached hydrogens (primary N) is 1. The molecule has 2 nitrogen and oxygen atoms in total. The zero-order valence-corrected chi connectivity index (χ0v) is 8.54. The number of nitrogens with zero attached hydrogens (tertiary/aromatic N) is 1. The lowest BCUT2D eigenvalue weighted by molar-refractivity contribution is 0.0391. The minimum absolute atomic E-state index is 0.725. The van der Waals surface area contributed by atoms with E-state index in [1.54, 1.807) is 0 Å². The van der Waals surface area contributed by atoms with E-state index >= 15 is 0 Å². The van der Waals surface area contributed by atoms with Crippen LogP contribution < -0.4 is 5.73 Å². The van der Waals surface area contributed by atoms with Gasteiger partial charge in [0.25, 0.3) is 0 Å². The molecule has 2 aliphatic rings. The van der Waals surface area contributed by atoms with Crippen molar-refractivity contribution in [3.05, 3.63) is 0 Å². The van der Waals surface area contributed by atoms with Gasteiger partial charge in [-0.2, -0.15) is 0 Å². The summed E-state index contributed by atoms with van der Waals surface area (Å²) in [5, 5.41) is 0. The highest BCUT2D eigenvalue weighted by Crippen LogP contribution is 2.28. The highest BCUT2D eigenvalue weighted by atomic mass is 15.2. The van der Waals surface area contributed by atoms with Gasteiger partial charge in [0, 0.05) is 25.2 Å². The minimum atomic E-state index is 0.725. The fourth-order valence-corrected chi connectivity index (χ4v) is 2.78. The molecule has 0 aromatic carbocycles. The van der Waals surface area contributed by atoms with Gasteiger partial charge in [0.2, 0.25) is 0 Å². The minimum Gasteiger partial charge on any atom is -0.329 e. The van der Waals surface area contributed by atoms with Gasteiger partial charge in [-0.3, -0.25) is 4.90 Å². The molecule has 0 aromatic heterocycles. The molecule has 1 aliphatic carbocycles. The predicted molar refractivity (Wildman–Crippen MR) is 55.7 cm³/mol. The average Bonchev–Trinajstić information content (AvgIpc) is 2.32. The maximum atomic E-state index is 5.73. The van der Waals surface area contributed by atoms with E-state index in [4.69, 9.17) is 5.73 Å². The van der Waals surface area contributed by atoms with Crippen molar-refractivity contribution in [2.75, 3.05) is 13.1 Å². The summed E-state index contributed by atoms with van der Waals surface area (Å²) < 4.78 is 0. The van der Waals surface area contributed by atoms with Crippen molar-refractivity contribution < 1.29 is 0 Å². The van der Waals surface area contributed by atoms with Gasteiger partial charge < -0.3 is 5.73 Å². The van der Waals surface area contributed by atoms with Crippen molar-refractivity contribution in [3.8, 4) is 0 Å². The lowest BCUT2D eigenvalue weighted by atomic mass is 9.96. The summed E-state index contributed by atoms with van der Waals surface area (Å²) in [7, 11) is 0. The third-order valence-electron chi connectivity index (χ3n) is 3.76. The molecule has 1 atom stereocenters. The molecule has 0 bridgehead atoms. The van der Waals surface area contributed by atoms with Gasteiger partial charge in [-0.25, -0.2) is 0 Å². The van der Waals surface area contributed by atoms with Crippen molar-refractivity contribution in [1.82, 2.24) is 4.90 Å². The van der Waals surface area contributed by atoms with E-state index in [2.05, 4.69) is 4.90 Å². The maximum absolute atomic E-state index is 5.73. The van der Waals surface area contributed by atoms with E-state index in [0.29, 0.717) is 0 Å². The monoisotopic (exact) mass is 182 g/mol. The Labute approximate surface area is 81.5 Å². The Morgan fingerprint density at radius 1 is 1.00 bits per heavy atom. The largest absolute Gasteiger partial charge is 0.329 e. The number of hydrogen-bond donors (Lipinski definition) is 1. The topological polar surface area (TPSA) is 29.3 Å². The first-order valence-corrected chi connectivity index (χ1v) is 5.87. The van der Waals surface area contributed by atoms with E-state index in [0.717, 1.165) is 18.6 Å². The third kappa shape index (κ3) is 2.05. The first-order chi connectivity index (χ1) is 6.42. The molecular formula is C11H22N2. The Morgan fingerprint density at radius 2 is 1.69 bits per heavy atom. The molecule has 0 spiro atoms. The molecule has 1 heterocycles. The molecule has 0 unspecified atom stereocenters. The van der Waals surface area contributed by atoms with Gasteiger partial charge in [-0.1, -0.05) is 25.7 Å². The zero-order chi connectivity index (χ0) is 9.10. The summed E-state index contributed by atoms with van der Waals surface area (Å²) in [4.78, 5) is 2.66. The van der Waals surface area contributed by atoms with Crippen LogP contribution in [0.15, 0.2) is 0 Å². The smallest absolute Gasteiger partial charge is 0.0233 e. The quantitative estimate of drug-likeness (QED) is 0.659. The maximum Gasteiger partial charge on any atom is 0.0233 e. The summed E-state index contributed by atoms with van der Waals surface area (Å²) in [6.07, 6.45) is 9.99. The van der Waals surface area contributed by atoms with Crippen LogP contribution >= 0.6 is 0 Å². The summed E-state index contributed by atoms with van der Waals surface area (Å²) >= 11 is 0. The molecule has 0 amide bonds. The van der Waals surface area contributed by atoms with Crippen LogP contribution in [-0.4, -0.2) is 30.1 Å². The zero-order valence-electron chi connectivity index (χ0n) is 8.54. The fourth-order valence-electron chi connectivity index (χ4n) is 2.78. The van der Waals surface area contributed by atoms with Gasteiger partial charge in [-0.05, 0) is 19.3 Å². The summed E-state index contributed by atoms with van der Waals surface area (Å²) in [5.74, 6) is 0. The van der Waals surface area contributed by atoms with Gasteiger partial charge in [-0.15, -0.1) is 0 Å². The Hall–Kier alpha value is -0.0800. The van der Waals surface area contributed by atoms with Crippen LogP contribution in [0.5, 0.6) is 0 Å². The molecule has 1 aliphatic heterocycles. The van der Waals surface area contributed by atoms with Gasteiger partial charge in [0.1, 0.15) is 0 Å². The van der Waals surface area contributed by atoms with Gasteiger partial charge in [0.05, 0.1) is 0 Å². The van der Waals surface area contributed by atoms with E-state index in [9.17, 15) is 0 Å². The lowest BCUT2D eigenvalue weighted by Gasteiger charge is -2.45. The molecule has 1 saturated heterocycles. The molecule has 2 rings (SSSR count). The van der Waals surface area contributed by atoms with Crippen LogP contribution in [0.1, 0.15) is 44.9 Å². The second kappa shape index (κ2) is 4.43. The highest BCUT2D eigenvalue weighted by molar-refractivity contribution is 4.89. The standard InChI is InChI=1S/C11H22N2/c12-9-11-7-8-13(11)10-5-3-1-2-4-6-10/h10-11H,1-9,12H2/t11-/m0/s1. The molecule has 0 radical (unpaired) electrons. The third-order valence-corrected chi connectivity index (χ3v) is 3.76. The Kier molecular flexibility index (Phi) is 3.23. The molecule has 2 fully saturated rings. The lowest BCUT2D eigenvalue weighted by Crippen LogP contribution is -2.56. The fraction of sp³-hybridized carbons (Fsp3) is 1.00. The molecule has 76 valence electrons. The van der Waals surface area contributed by atoms with Crippen LogP contribution in [0.25, 0.3) is 0 Å². The predicted octanol–water partition coefficient (Wildman–Crippen LogP) is 1.74. The molecular weight excluding hydrogens is 160 g/mol. The number of rotatable bonds is 2. The van der Waals surface area contributed by atoms with Crippen molar-refractivity contribution in [1.29, 1.82) is 0 Å². The number of hydrogen-bond acceptors (Lipinski definition) is 2. The van der Waals surface area contributed by atoms with Crippen LogP contribution in [0.4, 0.5) is 0 Å². The van der Waals surface area contributed by atoms with Crippen LogP contribution in [0, 0.1) is 0 Å². The molecule has 13 heavy (non-hydrogen) atoms. The van der Waals surface area contributed by atoms with Crippen LogP contribution in [0.3, 0.4) is 0 Å². The van der Waals surface area contributed by atoms with Crippen LogP contribution in [-0.2, 0) is 0 Å². The Balaban J connectivity index is 1.84. The first kappa shape index (κ1) is 9.47. The Morgan fingerprint density at radius 3 is 2.15 bits per heavy atom. The molecule has 2 N–H and O–H groups in total. The van der Waals surface area contributed by atoms with Gasteiger partial charge >= 0.3 is 0 Å². The first-order valence-electron chi connectivity index (χ1n) is 5.87. The average molecular weight is 182 g/mol. The number of likely N-dealkylation sites (tertiary alicyclic amines) is 1. The van der Waals surface area contributed by atoms with E-state index in [-0.39, 0.29) is 0 Å². The summed E-state index contributed by atoms with van der Waals surface area (Å²) in [5.41, 5.74) is 5.73. The van der Waals surface area contributed by atoms with E-state index in [1.165, 1.54) is 51.5 Å².